The largest absolute Gasteiger partial charge is 0.330 e. The summed E-state index contributed by atoms with van der Waals surface area (Å²) in [6, 6.07) is 0. The molecule has 1 fully saturated rings. The molecule has 0 saturated heterocycles. The minimum atomic E-state index is 0.441. The lowest BCUT2D eigenvalue weighted by Gasteiger charge is -2.41. The molecule has 1 rings (SSSR count). The minimum Gasteiger partial charge on any atom is -0.330 e. The normalized spacial score (nSPS) is 23.1. The van der Waals surface area contributed by atoms with Crippen molar-refractivity contribution in [2.45, 2.75) is 59.3 Å². The Bertz CT molecular complexity index is 149. The van der Waals surface area contributed by atoms with Crippen LogP contribution in [0.15, 0.2) is 0 Å². The summed E-state index contributed by atoms with van der Waals surface area (Å²) < 4.78 is 0. The maximum absolute atomic E-state index is 5.95. The Morgan fingerprint density at radius 2 is 1.62 bits per heavy atom. The van der Waals surface area contributed by atoms with E-state index in [4.69, 9.17) is 5.73 Å². The summed E-state index contributed by atoms with van der Waals surface area (Å²) in [6.45, 7) is 7.89. The summed E-state index contributed by atoms with van der Waals surface area (Å²) in [6.07, 6.45) is 8.24. The molecule has 0 amide bonds. The van der Waals surface area contributed by atoms with Crippen LogP contribution in [0, 0.1) is 10.8 Å². The van der Waals surface area contributed by atoms with E-state index < -0.39 is 0 Å². The van der Waals surface area contributed by atoms with Crippen LogP contribution in [0.3, 0.4) is 0 Å². The Morgan fingerprint density at radius 1 is 1.08 bits per heavy atom. The van der Waals surface area contributed by atoms with Crippen LogP contribution < -0.4 is 5.73 Å². The van der Waals surface area contributed by atoms with E-state index in [9.17, 15) is 0 Å². The van der Waals surface area contributed by atoms with E-state index in [1.807, 2.05) is 0 Å². The van der Waals surface area contributed by atoms with E-state index in [2.05, 4.69) is 20.8 Å². The van der Waals surface area contributed by atoms with E-state index >= 15 is 0 Å². The average Bonchev–Trinajstić information content (AvgIpc) is 2.03. The van der Waals surface area contributed by atoms with Gasteiger partial charge in [0.25, 0.3) is 0 Å². The van der Waals surface area contributed by atoms with Gasteiger partial charge in [0, 0.05) is 0 Å². The Kier molecular flexibility index (Phi) is 3.39. The Labute approximate surface area is 83.1 Å². The molecule has 78 valence electrons. The molecule has 13 heavy (non-hydrogen) atoms. The van der Waals surface area contributed by atoms with Crippen LogP contribution in [0.5, 0.6) is 0 Å². The molecule has 2 N–H and O–H groups in total. The van der Waals surface area contributed by atoms with E-state index in [-0.39, 0.29) is 0 Å². The summed E-state index contributed by atoms with van der Waals surface area (Å²) in [5.41, 5.74) is 6.87. The van der Waals surface area contributed by atoms with E-state index in [1.165, 1.54) is 38.5 Å². The van der Waals surface area contributed by atoms with Gasteiger partial charge in [-0.2, -0.15) is 0 Å². The second kappa shape index (κ2) is 4.00. The molecule has 0 atom stereocenters. The van der Waals surface area contributed by atoms with E-state index in [1.54, 1.807) is 0 Å². The highest BCUT2D eigenvalue weighted by Crippen LogP contribution is 2.43. The standard InChI is InChI=1S/C12H25N/c1-11(2,3)9-12(10-13)7-5-4-6-8-12/h4-10,13H2,1-3H3. The highest BCUT2D eigenvalue weighted by molar-refractivity contribution is 4.87. The lowest BCUT2D eigenvalue weighted by atomic mass is 9.66. The molecule has 1 heteroatoms. The molecule has 0 spiro atoms. The molecule has 0 unspecified atom stereocenters. The van der Waals surface area contributed by atoms with Crippen LogP contribution in [-0.4, -0.2) is 6.54 Å². The van der Waals surface area contributed by atoms with Crippen LogP contribution in [0.2, 0.25) is 0 Å². The Morgan fingerprint density at radius 3 is 2.00 bits per heavy atom. The Balaban J connectivity index is 2.57. The zero-order chi connectivity index (χ0) is 9.95. The number of hydrogen-bond donors (Lipinski definition) is 1. The highest BCUT2D eigenvalue weighted by Gasteiger charge is 2.34. The number of rotatable bonds is 2. The van der Waals surface area contributed by atoms with Gasteiger partial charge in [0.15, 0.2) is 0 Å². The number of hydrogen-bond acceptors (Lipinski definition) is 1. The second-order valence-electron chi connectivity index (χ2n) is 6.00. The lowest BCUT2D eigenvalue weighted by molar-refractivity contribution is 0.122. The van der Waals surface area contributed by atoms with Crippen LogP contribution in [0.1, 0.15) is 59.3 Å². The fourth-order valence-electron chi connectivity index (χ4n) is 2.88. The zero-order valence-electron chi connectivity index (χ0n) is 9.53. The molecule has 0 aliphatic heterocycles. The molecular weight excluding hydrogens is 158 g/mol. The maximum Gasteiger partial charge on any atom is -0.00203 e. The first-order valence-corrected chi connectivity index (χ1v) is 5.68. The van der Waals surface area contributed by atoms with Gasteiger partial charge in [-0.1, -0.05) is 40.0 Å². The zero-order valence-corrected chi connectivity index (χ0v) is 9.53. The molecule has 1 aliphatic carbocycles. The molecule has 0 aromatic carbocycles. The predicted octanol–water partition coefficient (Wildman–Crippen LogP) is 3.33. The quantitative estimate of drug-likeness (QED) is 0.698. The predicted molar refractivity (Wildman–Crippen MR) is 58.6 cm³/mol. The molecule has 1 saturated carbocycles. The molecule has 0 aromatic heterocycles. The first kappa shape index (κ1) is 11.0. The van der Waals surface area contributed by atoms with Crippen LogP contribution >= 0.6 is 0 Å². The van der Waals surface area contributed by atoms with Gasteiger partial charge in [0.1, 0.15) is 0 Å². The highest BCUT2D eigenvalue weighted by atomic mass is 14.6. The molecule has 0 aromatic rings. The van der Waals surface area contributed by atoms with Gasteiger partial charge in [0.05, 0.1) is 0 Å². The molecule has 1 aliphatic rings. The third-order valence-electron chi connectivity index (χ3n) is 3.25. The van der Waals surface area contributed by atoms with E-state index in [0.29, 0.717) is 10.8 Å². The van der Waals surface area contributed by atoms with Gasteiger partial charge < -0.3 is 5.73 Å². The molecular formula is C12H25N. The van der Waals surface area contributed by atoms with Crippen molar-refractivity contribution in [3.63, 3.8) is 0 Å². The van der Waals surface area contributed by atoms with Crippen LogP contribution in [-0.2, 0) is 0 Å². The average molecular weight is 183 g/mol. The smallest absolute Gasteiger partial charge is 0.00203 e. The van der Waals surface area contributed by atoms with Gasteiger partial charge in [-0.05, 0) is 36.6 Å². The van der Waals surface area contributed by atoms with Crippen molar-refractivity contribution >= 4 is 0 Å². The van der Waals surface area contributed by atoms with E-state index in [0.717, 1.165) is 6.54 Å². The van der Waals surface area contributed by atoms with Gasteiger partial charge in [0.2, 0.25) is 0 Å². The summed E-state index contributed by atoms with van der Waals surface area (Å²) in [5.74, 6) is 0. The first-order valence-electron chi connectivity index (χ1n) is 5.68. The lowest BCUT2D eigenvalue weighted by Crippen LogP contribution is -2.36. The van der Waals surface area contributed by atoms with Gasteiger partial charge in [-0.15, -0.1) is 0 Å². The van der Waals surface area contributed by atoms with Crippen molar-refractivity contribution in [2.75, 3.05) is 6.54 Å². The summed E-state index contributed by atoms with van der Waals surface area (Å²) >= 11 is 0. The van der Waals surface area contributed by atoms with Crippen LogP contribution in [0.4, 0.5) is 0 Å². The number of nitrogens with two attached hydrogens (primary N) is 1. The minimum absolute atomic E-state index is 0.441. The fraction of sp³-hybridized carbons (Fsp3) is 1.00. The Hall–Kier alpha value is -0.0400. The SMILES string of the molecule is CC(C)(C)CC1(CN)CCCCC1. The van der Waals surface area contributed by atoms with Gasteiger partial charge in [-0.3, -0.25) is 0 Å². The van der Waals surface area contributed by atoms with Gasteiger partial charge in [-0.25, -0.2) is 0 Å². The summed E-state index contributed by atoms with van der Waals surface area (Å²) in [5, 5.41) is 0. The van der Waals surface area contributed by atoms with Crippen molar-refractivity contribution in [2.24, 2.45) is 16.6 Å². The maximum atomic E-state index is 5.95. The van der Waals surface area contributed by atoms with Crippen molar-refractivity contribution in [3.8, 4) is 0 Å². The third-order valence-corrected chi connectivity index (χ3v) is 3.25. The van der Waals surface area contributed by atoms with Crippen molar-refractivity contribution in [1.82, 2.24) is 0 Å². The fourth-order valence-corrected chi connectivity index (χ4v) is 2.88. The van der Waals surface area contributed by atoms with Crippen LogP contribution in [0.25, 0.3) is 0 Å². The topological polar surface area (TPSA) is 26.0 Å². The summed E-state index contributed by atoms with van der Waals surface area (Å²) in [7, 11) is 0. The molecule has 0 radical (unpaired) electrons. The molecule has 1 nitrogen and oxygen atoms in total. The van der Waals surface area contributed by atoms with Crippen molar-refractivity contribution < 1.29 is 0 Å². The van der Waals surface area contributed by atoms with Gasteiger partial charge >= 0.3 is 0 Å². The summed E-state index contributed by atoms with van der Waals surface area (Å²) in [4.78, 5) is 0. The second-order valence-corrected chi connectivity index (χ2v) is 6.00. The first-order chi connectivity index (χ1) is 5.97. The third kappa shape index (κ3) is 3.30. The van der Waals surface area contributed by atoms with Crippen molar-refractivity contribution in [1.29, 1.82) is 0 Å². The monoisotopic (exact) mass is 183 g/mol. The molecule has 0 bridgehead atoms. The molecule has 0 heterocycles. The van der Waals surface area contributed by atoms with Crippen molar-refractivity contribution in [3.05, 3.63) is 0 Å².